The van der Waals surface area contributed by atoms with Crippen molar-refractivity contribution in [1.29, 1.82) is 0 Å². The molecule has 0 saturated carbocycles. The first kappa shape index (κ1) is 12.6. The van der Waals surface area contributed by atoms with E-state index in [1.54, 1.807) is 13.4 Å². The van der Waals surface area contributed by atoms with E-state index in [1.165, 1.54) is 5.56 Å². The van der Waals surface area contributed by atoms with Crippen molar-refractivity contribution in [1.82, 2.24) is 0 Å². The van der Waals surface area contributed by atoms with Gasteiger partial charge in [-0.25, -0.2) is 0 Å². The predicted molar refractivity (Wildman–Crippen MR) is 78.3 cm³/mol. The van der Waals surface area contributed by atoms with Crippen molar-refractivity contribution in [2.24, 2.45) is 0 Å². The number of hydrogen-bond donors (Lipinski definition) is 0. The Bertz CT molecular complexity index is 728. The molecule has 0 fully saturated rings. The molecule has 1 aromatic heterocycles. The van der Waals surface area contributed by atoms with Gasteiger partial charge in [0.2, 0.25) is 0 Å². The summed E-state index contributed by atoms with van der Waals surface area (Å²) in [6.07, 6.45) is 1.75. The molecule has 0 radical (unpaired) electrons. The van der Waals surface area contributed by atoms with Crippen LogP contribution in [0.15, 0.2) is 53.1 Å². The minimum absolute atomic E-state index is 0.455. The number of para-hydroxylation sites is 2. The number of aryl methyl sites for hydroxylation is 1. The van der Waals surface area contributed by atoms with Gasteiger partial charge < -0.3 is 13.9 Å². The molecule has 102 valence electrons. The van der Waals surface area contributed by atoms with Gasteiger partial charge in [-0.1, -0.05) is 24.3 Å². The second-order valence-electron chi connectivity index (χ2n) is 4.70. The molecule has 1 heterocycles. The van der Waals surface area contributed by atoms with Crippen molar-refractivity contribution in [2.75, 3.05) is 7.11 Å². The molecule has 0 atom stereocenters. The average molecular weight is 268 g/mol. The van der Waals surface area contributed by atoms with Crippen LogP contribution in [0.3, 0.4) is 0 Å². The summed E-state index contributed by atoms with van der Waals surface area (Å²) in [5, 5.41) is 1.09. The number of rotatable bonds is 4. The Kier molecular flexibility index (Phi) is 3.33. The number of fused-ring (bicyclic) bond motifs is 1. The van der Waals surface area contributed by atoms with E-state index in [4.69, 9.17) is 13.9 Å². The van der Waals surface area contributed by atoms with Crippen LogP contribution in [0.25, 0.3) is 11.0 Å². The maximum Gasteiger partial charge on any atom is 0.161 e. The molecule has 0 amide bonds. The monoisotopic (exact) mass is 268 g/mol. The highest BCUT2D eigenvalue weighted by Crippen LogP contribution is 2.28. The van der Waals surface area contributed by atoms with Crippen molar-refractivity contribution in [3.05, 3.63) is 59.9 Å². The predicted octanol–water partition coefficient (Wildman–Crippen LogP) is 4.33. The summed E-state index contributed by atoms with van der Waals surface area (Å²) in [6.45, 7) is 2.50. The van der Waals surface area contributed by atoms with E-state index in [9.17, 15) is 0 Å². The second kappa shape index (κ2) is 5.29. The molecule has 0 aliphatic heterocycles. The van der Waals surface area contributed by atoms with Crippen LogP contribution in [0.4, 0.5) is 0 Å². The van der Waals surface area contributed by atoms with Crippen molar-refractivity contribution in [3.63, 3.8) is 0 Å². The first-order valence-corrected chi connectivity index (χ1v) is 6.50. The molecule has 3 aromatic rings. The zero-order valence-electron chi connectivity index (χ0n) is 11.6. The smallest absolute Gasteiger partial charge is 0.161 e. The van der Waals surface area contributed by atoms with E-state index in [0.29, 0.717) is 6.61 Å². The fraction of sp³-hybridized carbons (Fsp3) is 0.176. The van der Waals surface area contributed by atoms with E-state index >= 15 is 0 Å². The van der Waals surface area contributed by atoms with E-state index in [2.05, 4.69) is 12.1 Å². The Balaban J connectivity index is 1.83. The third kappa shape index (κ3) is 2.35. The topological polar surface area (TPSA) is 31.6 Å². The Morgan fingerprint density at radius 1 is 1.05 bits per heavy atom. The first-order chi connectivity index (χ1) is 9.78. The van der Waals surface area contributed by atoms with Gasteiger partial charge in [-0.3, -0.25) is 0 Å². The molecule has 0 spiro atoms. The fourth-order valence-corrected chi connectivity index (χ4v) is 2.20. The minimum Gasteiger partial charge on any atom is -0.493 e. The molecule has 0 aliphatic carbocycles. The molecule has 3 rings (SSSR count). The van der Waals surface area contributed by atoms with Crippen molar-refractivity contribution >= 4 is 11.0 Å². The zero-order chi connectivity index (χ0) is 13.9. The molecule has 0 unspecified atom stereocenters. The summed E-state index contributed by atoms with van der Waals surface area (Å²) < 4.78 is 16.7. The van der Waals surface area contributed by atoms with E-state index in [0.717, 1.165) is 28.0 Å². The Labute approximate surface area is 117 Å². The number of benzene rings is 2. The molecule has 0 aliphatic rings. The van der Waals surface area contributed by atoms with Crippen LogP contribution in [0.2, 0.25) is 0 Å². The lowest BCUT2D eigenvalue weighted by molar-refractivity contribution is 0.284. The largest absolute Gasteiger partial charge is 0.493 e. The van der Waals surface area contributed by atoms with Crippen LogP contribution < -0.4 is 9.47 Å². The molecule has 0 saturated heterocycles. The fourth-order valence-electron chi connectivity index (χ4n) is 2.20. The third-order valence-corrected chi connectivity index (χ3v) is 3.26. The van der Waals surface area contributed by atoms with Crippen molar-refractivity contribution in [2.45, 2.75) is 13.5 Å². The zero-order valence-corrected chi connectivity index (χ0v) is 11.6. The number of methoxy groups -OCH3 is 1. The second-order valence-corrected chi connectivity index (χ2v) is 4.70. The highest BCUT2D eigenvalue weighted by Gasteiger charge is 2.08. The van der Waals surface area contributed by atoms with Gasteiger partial charge in [0, 0.05) is 10.9 Å². The van der Waals surface area contributed by atoms with Gasteiger partial charge in [-0.2, -0.15) is 0 Å². The van der Waals surface area contributed by atoms with Gasteiger partial charge >= 0.3 is 0 Å². The molecular formula is C17H16O3. The quantitative estimate of drug-likeness (QED) is 0.705. The van der Waals surface area contributed by atoms with Crippen LogP contribution in [-0.2, 0) is 6.61 Å². The van der Waals surface area contributed by atoms with E-state index < -0.39 is 0 Å². The lowest BCUT2D eigenvalue weighted by atomic mass is 10.1. The van der Waals surface area contributed by atoms with Crippen molar-refractivity contribution < 1.29 is 13.9 Å². The number of ether oxygens (including phenoxy) is 2. The summed E-state index contributed by atoms with van der Waals surface area (Å²) in [6, 6.07) is 13.8. The highest BCUT2D eigenvalue weighted by atomic mass is 16.5. The van der Waals surface area contributed by atoms with E-state index in [1.807, 2.05) is 37.3 Å². The number of hydrogen-bond acceptors (Lipinski definition) is 3. The standard InChI is InChI=1S/C17H16O3/c1-12-7-8-14-13(11-20-17(14)9-12)10-19-16-6-4-3-5-15(16)18-2/h3-9,11H,10H2,1-2H3. The van der Waals surface area contributed by atoms with Gasteiger partial charge in [0.05, 0.1) is 13.4 Å². The van der Waals surface area contributed by atoms with Gasteiger partial charge in [0.15, 0.2) is 11.5 Å². The van der Waals surface area contributed by atoms with Crippen molar-refractivity contribution in [3.8, 4) is 11.5 Å². The SMILES string of the molecule is COc1ccccc1OCc1coc2cc(C)ccc12. The summed E-state index contributed by atoms with van der Waals surface area (Å²) in [5.74, 6) is 1.47. The normalized spacial score (nSPS) is 10.7. The lowest BCUT2D eigenvalue weighted by Gasteiger charge is -2.09. The average Bonchev–Trinajstić information content (AvgIpc) is 2.87. The van der Waals surface area contributed by atoms with Gasteiger partial charge in [0.1, 0.15) is 12.2 Å². The van der Waals surface area contributed by atoms with Crippen LogP contribution in [0.1, 0.15) is 11.1 Å². The van der Waals surface area contributed by atoms with Crippen LogP contribution in [0.5, 0.6) is 11.5 Å². The Hall–Kier alpha value is -2.42. The summed E-state index contributed by atoms with van der Waals surface area (Å²) >= 11 is 0. The molecule has 20 heavy (non-hydrogen) atoms. The highest BCUT2D eigenvalue weighted by molar-refractivity contribution is 5.81. The molecular weight excluding hydrogens is 252 g/mol. The third-order valence-electron chi connectivity index (χ3n) is 3.26. The minimum atomic E-state index is 0.455. The lowest BCUT2D eigenvalue weighted by Crippen LogP contribution is -1.96. The summed E-state index contributed by atoms with van der Waals surface area (Å²) in [7, 11) is 1.64. The Morgan fingerprint density at radius 3 is 2.65 bits per heavy atom. The van der Waals surface area contributed by atoms with Gasteiger partial charge in [-0.15, -0.1) is 0 Å². The molecule has 2 aromatic carbocycles. The first-order valence-electron chi connectivity index (χ1n) is 6.50. The summed E-state index contributed by atoms with van der Waals surface area (Å²) in [4.78, 5) is 0. The maximum absolute atomic E-state index is 5.83. The van der Waals surface area contributed by atoms with Gasteiger partial charge in [0.25, 0.3) is 0 Å². The molecule has 0 bridgehead atoms. The Morgan fingerprint density at radius 2 is 1.85 bits per heavy atom. The van der Waals surface area contributed by atoms with Crippen LogP contribution in [0, 0.1) is 6.92 Å². The number of furan rings is 1. The van der Waals surface area contributed by atoms with Gasteiger partial charge in [-0.05, 0) is 30.7 Å². The van der Waals surface area contributed by atoms with Crippen LogP contribution in [-0.4, -0.2) is 7.11 Å². The molecule has 3 heteroatoms. The maximum atomic E-state index is 5.83. The molecule has 3 nitrogen and oxygen atoms in total. The van der Waals surface area contributed by atoms with E-state index in [-0.39, 0.29) is 0 Å². The van der Waals surface area contributed by atoms with Crippen LogP contribution >= 0.6 is 0 Å². The summed E-state index contributed by atoms with van der Waals surface area (Å²) in [5.41, 5.74) is 3.11. The molecule has 0 N–H and O–H groups in total.